The van der Waals surface area contributed by atoms with Gasteiger partial charge in [-0.15, -0.1) is 0 Å². The third-order valence-electron chi connectivity index (χ3n) is 3.56. The monoisotopic (exact) mass is 270 g/mol. The molecule has 106 valence electrons. The molecule has 2 heteroatoms. The molecule has 0 radical (unpaired) electrons. The van der Waals surface area contributed by atoms with E-state index >= 15 is 0 Å². The van der Waals surface area contributed by atoms with Gasteiger partial charge in [-0.25, -0.2) is 0 Å². The molecule has 2 rings (SSSR count). The lowest BCUT2D eigenvalue weighted by Crippen LogP contribution is -1.93. The van der Waals surface area contributed by atoms with Gasteiger partial charge in [0.05, 0.1) is 6.61 Å². The Morgan fingerprint density at radius 1 is 0.550 bits per heavy atom. The van der Waals surface area contributed by atoms with Crippen molar-refractivity contribution in [1.29, 1.82) is 0 Å². The lowest BCUT2D eigenvalue weighted by atomic mass is 10.0. The first-order valence-electron chi connectivity index (χ1n) is 7.19. The standard InChI is InChI=1S/C18H22O2/c19-13-12-17-6-4-15(5-7-17)2-1-3-16-8-10-18(14-20)11-9-16/h4-11,19-20H,1-3,12-14H2. The number of hydrogen-bond donors (Lipinski definition) is 2. The van der Waals surface area contributed by atoms with Crippen molar-refractivity contribution in [3.8, 4) is 0 Å². The fraction of sp³-hybridized carbons (Fsp3) is 0.333. The van der Waals surface area contributed by atoms with E-state index in [1.54, 1.807) is 0 Å². The van der Waals surface area contributed by atoms with Crippen molar-refractivity contribution >= 4 is 0 Å². The topological polar surface area (TPSA) is 40.5 Å². The van der Waals surface area contributed by atoms with Crippen molar-refractivity contribution < 1.29 is 10.2 Å². The van der Waals surface area contributed by atoms with Crippen LogP contribution in [0.3, 0.4) is 0 Å². The minimum atomic E-state index is 0.112. The second-order valence-corrected chi connectivity index (χ2v) is 5.12. The molecule has 0 aromatic heterocycles. The first-order chi connectivity index (χ1) is 9.81. The van der Waals surface area contributed by atoms with Crippen LogP contribution in [0, 0.1) is 0 Å². The molecule has 0 atom stereocenters. The van der Waals surface area contributed by atoms with Crippen molar-refractivity contribution in [3.05, 3.63) is 70.8 Å². The fourth-order valence-corrected chi connectivity index (χ4v) is 2.31. The van der Waals surface area contributed by atoms with Crippen molar-refractivity contribution in [2.24, 2.45) is 0 Å². The molecule has 20 heavy (non-hydrogen) atoms. The van der Waals surface area contributed by atoms with Gasteiger partial charge in [0.2, 0.25) is 0 Å². The smallest absolute Gasteiger partial charge is 0.0681 e. The Hall–Kier alpha value is -1.64. The highest BCUT2D eigenvalue weighted by molar-refractivity contribution is 5.24. The predicted octanol–water partition coefficient (Wildman–Crippen LogP) is 2.89. The second kappa shape index (κ2) is 7.83. The van der Waals surface area contributed by atoms with Crippen LogP contribution in [0.1, 0.15) is 28.7 Å². The molecular weight excluding hydrogens is 248 g/mol. The maximum atomic E-state index is 9.00. The lowest BCUT2D eigenvalue weighted by molar-refractivity contribution is 0.282. The quantitative estimate of drug-likeness (QED) is 0.812. The van der Waals surface area contributed by atoms with Gasteiger partial charge >= 0.3 is 0 Å². The summed E-state index contributed by atoms with van der Waals surface area (Å²) < 4.78 is 0. The molecule has 0 fully saturated rings. The van der Waals surface area contributed by atoms with Gasteiger partial charge in [-0.1, -0.05) is 48.5 Å². The predicted molar refractivity (Wildman–Crippen MR) is 81.6 cm³/mol. The maximum absolute atomic E-state index is 9.00. The first kappa shape index (κ1) is 14.8. The SMILES string of the molecule is OCCc1ccc(CCCc2ccc(CO)cc2)cc1. The van der Waals surface area contributed by atoms with Crippen LogP contribution in [0.5, 0.6) is 0 Å². The highest BCUT2D eigenvalue weighted by atomic mass is 16.3. The van der Waals surface area contributed by atoms with Crippen molar-refractivity contribution in [2.75, 3.05) is 6.61 Å². The van der Waals surface area contributed by atoms with Crippen molar-refractivity contribution in [3.63, 3.8) is 0 Å². The van der Waals surface area contributed by atoms with E-state index in [1.165, 1.54) is 16.7 Å². The van der Waals surface area contributed by atoms with Gasteiger partial charge in [-0.3, -0.25) is 0 Å². The molecule has 2 aromatic rings. The minimum Gasteiger partial charge on any atom is -0.396 e. The van der Waals surface area contributed by atoms with Crippen LogP contribution in [-0.2, 0) is 25.9 Å². The largest absolute Gasteiger partial charge is 0.396 e. The molecule has 0 saturated carbocycles. The summed E-state index contributed by atoms with van der Waals surface area (Å²) in [6.45, 7) is 0.323. The van der Waals surface area contributed by atoms with Gasteiger partial charge in [0, 0.05) is 6.61 Å². The number of aliphatic hydroxyl groups excluding tert-OH is 2. The number of aryl methyl sites for hydroxylation is 2. The zero-order valence-electron chi connectivity index (χ0n) is 11.8. The van der Waals surface area contributed by atoms with E-state index in [9.17, 15) is 0 Å². The number of hydrogen-bond acceptors (Lipinski definition) is 2. The molecule has 2 nitrogen and oxygen atoms in total. The Labute approximate surface area is 120 Å². The zero-order chi connectivity index (χ0) is 14.2. The van der Waals surface area contributed by atoms with Crippen LogP contribution in [0.2, 0.25) is 0 Å². The van der Waals surface area contributed by atoms with Crippen LogP contribution >= 0.6 is 0 Å². The highest BCUT2D eigenvalue weighted by Gasteiger charge is 1.98. The third-order valence-corrected chi connectivity index (χ3v) is 3.56. The lowest BCUT2D eigenvalue weighted by Gasteiger charge is -2.05. The number of aliphatic hydroxyl groups is 2. The molecule has 0 amide bonds. The molecule has 2 aromatic carbocycles. The Kier molecular flexibility index (Phi) is 5.78. The number of benzene rings is 2. The van der Waals surface area contributed by atoms with E-state index in [1.807, 2.05) is 12.1 Å². The van der Waals surface area contributed by atoms with Crippen molar-refractivity contribution in [2.45, 2.75) is 32.3 Å². The summed E-state index contributed by atoms with van der Waals surface area (Å²) in [4.78, 5) is 0. The van der Waals surface area contributed by atoms with Gasteiger partial charge < -0.3 is 10.2 Å². The average Bonchev–Trinajstić information content (AvgIpc) is 2.50. The minimum absolute atomic E-state index is 0.112. The number of rotatable bonds is 7. The summed E-state index contributed by atoms with van der Waals surface area (Å²) in [5, 5.41) is 17.9. The summed E-state index contributed by atoms with van der Waals surface area (Å²) >= 11 is 0. The summed E-state index contributed by atoms with van der Waals surface area (Å²) in [5.74, 6) is 0. The maximum Gasteiger partial charge on any atom is 0.0681 e. The van der Waals surface area contributed by atoms with E-state index in [4.69, 9.17) is 10.2 Å². The molecule has 0 unspecified atom stereocenters. The summed E-state index contributed by atoms with van der Waals surface area (Å²) in [6.07, 6.45) is 3.99. The van der Waals surface area contributed by atoms with E-state index < -0.39 is 0 Å². The van der Waals surface area contributed by atoms with E-state index in [0.29, 0.717) is 0 Å². The normalized spacial score (nSPS) is 10.7. The van der Waals surface area contributed by atoms with Crippen molar-refractivity contribution in [1.82, 2.24) is 0 Å². The van der Waals surface area contributed by atoms with E-state index in [-0.39, 0.29) is 13.2 Å². The third kappa shape index (κ3) is 4.48. The summed E-state index contributed by atoms with van der Waals surface area (Å²) in [5.41, 5.74) is 4.82. The second-order valence-electron chi connectivity index (χ2n) is 5.12. The van der Waals surface area contributed by atoms with Crippen LogP contribution in [0.4, 0.5) is 0 Å². The molecule has 0 aliphatic carbocycles. The Morgan fingerprint density at radius 2 is 0.950 bits per heavy atom. The Balaban J connectivity index is 1.79. The average molecular weight is 270 g/mol. The Bertz CT molecular complexity index is 500. The van der Waals surface area contributed by atoms with Crippen LogP contribution in [0.15, 0.2) is 48.5 Å². The van der Waals surface area contributed by atoms with Crippen LogP contribution in [0.25, 0.3) is 0 Å². The van der Waals surface area contributed by atoms with Gasteiger partial charge in [-0.05, 0) is 47.9 Å². The molecular formula is C18H22O2. The molecule has 0 saturated heterocycles. The molecule has 0 aliphatic rings. The zero-order valence-corrected chi connectivity index (χ0v) is 11.8. The molecule has 2 N–H and O–H groups in total. The molecule has 0 aliphatic heterocycles. The van der Waals surface area contributed by atoms with Crippen LogP contribution < -0.4 is 0 Å². The fourth-order valence-electron chi connectivity index (χ4n) is 2.31. The summed E-state index contributed by atoms with van der Waals surface area (Å²) in [7, 11) is 0. The summed E-state index contributed by atoms with van der Waals surface area (Å²) in [6, 6.07) is 16.7. The first-order valence-corrected chi connectivity index (χ1v) is 7.19. The molecule has 0 heterocycles. The van der Waals surface area contributed by atoms with Gasteiger partial charge in [0.15, 0.2) is 0 Å². The van der Waals surface area contributed by atoms with Crippen LogP contribution in [-0.4, -0.2) is 16.8 Å². The van der Waals surface area contributed by atoms with E-state index in [2.05, 4.69) is 36.4 Å². The van der Waals surface area contributed by atoms with Gasteiger partial charge in [0.1, 0.15) is 0 Å². The van der Waals surface area contributed by atoms with Gasteiger partial charge in [0.25, 0.3) is 0 Å². The van der Waals surface area contributed by atoms with Gasteiger partial charge in [-0.2, -0.15) is 0 Å². The van der Waals surface area contributed by atoms with E-state index in [0.717, 1.165) is 31.2 Å². The Morgan fingerprint density at radius 3 is 1.35 bits per heavy atom. The molecule has 0 spiro atoms. The highest BCUT2D eigenvalue weighted by Crippen LogP contribution is 2.11. The molecule has 0 bridgehead atoms.